The molecule has 1 saturated heterocycles. The number of para-hydroxylation sites is 1. The molecule has 0 radical (unpaired) electrons. The van der Waals surface area contributed by atoms with E-state index in [9.17, 15) is 19.8 Å². The van der Waals surface area contributed by atoms with Gasteiger partial charge >= 0.3 is 18.0 Å². The van der Waals surface area contributed by atoms with E-state index < -0.39 is 35.5 Å². The molecule has 5 aliphatic rings. The largest absolute Gasteiger partial charge is 0.492 e. The molecule has 14 heteroatoms. The summed E-state index contributed by atoms with van der Waals surface area (Å²) in [5, 5.41) is 38.0. The fourth-order valence-corrected chi connectivity index (χ4v) is 6.26. The lowest BCUT2D eigenvalue weighted by atomic mass is 9.79. The first-order valence-electron chi connectivity index (χ1n) is 13.3. The summed E-state index contributed by atoms with van der Waals surface area (Å²) >= 11 is 0. The maximum absolute atomic E-state index is 13.5. The van der Waals surface area contributed by atoms with Gasteiger partial charge in [-0.15, -0.1) is 0 Å². The summed E-state index contributed by atoms with van der Waals surface area (Å²) in [5.74, 6) is -2.27. The Morgan fingerprint density at radius 3 is 2.74 bits per heavy atom. The van der Waals surface area contributed by atoms with Gasteiger partial charge in [0.1, 0.15) is 17.8 Å². The minimum atomic E-state index is -2.53. The first-order valence-corrected chi connectivity index (χ1v) is 13.3. The predicted molar refractivity (Wildman–Crippen MR) is 139 cm³/mol. The highest BCUT2D eigenvalue weighted by atomic mass is 16.5. The fraction of sp³-hybridized carbons (Fsp3) is 0.600. The molecular weight excluding hydrogens is 506 g/mol. The van der Waals surface area contributed by atoms with Crippen molar-refractivity contribution in [2.75, 3.05) is 19.7 Å². The highest BCUT2D eigenvalue weighted by Gasteiger charge is 2.78. The van der Waals surface area contributed by atoms with E-state index in [1.807, 2.05) is 6.07 Å². The molecule has 4 heterocycles. The van der Waals surface area contributed by atoms with Crippen LogP contribution >= 0.6 is 0 Å². The molecule has 4 atom stereocenters. The molecule has 14 nitrogen and oxygen atoms in total. The number of ether oxygens (including phenoxy) is 1. The lowest BCUT2D eigenvalue weighted by Gasteiger charge is -2.41. The van der Waals surface area contributed by atoms with Crippen molar-refractivity contribution >= 4 is 23.9 Å². The average Bonchev–Trinajstić information content (AvgIpc) is 3.56. The molecule has 1 unspecified atom stereocenters. The van der Waals surface area contributed by atoms with Gasteiger partial charge in [-0.05, 0) is 30.7 Å². The Kier molecular flexibility index (Phi) is 5.63. The quantitative estimate of drug-likeness (QED) is 0.128. The number of benzene rings is 1. The van der Waals surface area contributed by atoms with Gasteiger partial charge in [0, 0.05) is 11.6 Å². The Morgan fingerprint density at radius 2 is 2.00 bits per heavy atom. The van der Waals surface area contributed by atoms with Crippen molar-refractivity contribution in [3.63, 3.8) is 0 Å². The number of urea groups is 1. The summed E-state index contributed by atoms with van der Waals surface area (Å²) < 4.78 is 7.45. The van der Waals surface area contributed by atoms with Gasteiger partial charge in [-0.3, -0.25) is 26.6 Å². The van der Waals surface area contributed by atoms with Crippen molar-refractivity contribution in [1.82, 2.24) is 26.6 Å². The molecule has 0 bridgehead atoms. The van der Waals surface area contributed by atoms with Crippen LogP contribution in [0.4, 0.5) is 4.79 Å². The molecule has 210 valence electrons. The summed E-state index contributed by atoms with van der Waals surface area (Å²) in [7, 11) is 0. The van der Waals surface area contributed by atoms with Crippen molar-refractivity contribution in [2.45, 2.75) is 74.1 Å². The van der Waals surface area contributed by atoms with E-state index in [1.54, 1.807) is 16.7 Å². The summed E-state index contributed by atoms with van der Waals surface area (Å²) in [5.41, 5.74) is 11.9. The number of aliphatic hydroxyl groups is 2. The highest BCUT2D eigenvalue weighted by Crippen LogP contribution is 2.41. The highest BCUT2D eigenvalue weighted by molar-refractivity contribution is 5.98. The zero-order chi connectivity index (χ0) is 27.7. The number of hydrogen-bond acceptors (Lipinski definition) is 9. The second kappa shape index (κ2) is 8.61. The second-order valence-corrected chi connectivity index (χ2v) is 11.7. The first kappa shape index (κ1) is 25.5. The molecule has 1 saturated carbocycles. The van der Waals surface area contributed by atoms with Crippen LogP contribution < -0.4 is 47.8 Å². The molecule has 1 aliphatic carbocycles. The Balaban J connectivity index is 1.27. The van der Waals surface area contributed by atoms with Gasteiger partial charge in [-0.1, -0.05) is 26.0 Å². The zero-order valence-corrected chi connectivity index (χ0v) is 22.0. The third-order valence-electron chi connectivity index (χ3n) is 8.61. The number of guanidine groups is 2. The van der Waals surface area contributed by atoms with Crippen molar-refractivity contribution in [1.29, 1.82) is 0 Å². The SMILES string of the molecule is CC1(C)CCOc2c(C(=O)NC3C[N+]4=C(N)N[C@@H](CNC(=O)NC5CC5)[C@@H]5[NH+]=C(N)N[C@@]54C3(O)O)cccc21. The van der Waals surface area contributed by atoms with E-state index in [0.717, 1.165) is 24.8 Å². The van der Waals surface area contributed by atoms with Gasteiger partial charge in [0.05, 0.1) is 25.3 Å². The van der Waals surface area contributed by atoms with Gasteiger partial charge in [0.15, 0.2) is 6.04 Å². The molecule has 4 aliphatic heterocycles. The van der Waals surface area contributed by atoms with Gasteiger partial charge in [-0.2, -0.15) is 0 Å². The third-order valence-corrected chi connectivity index (χ3v) is 8.61. The number of carbonyl (C=O) groups is 2. The molecule has 12 N–H and O–H groups in total. The fourth-order valence-electron chi connectivity index (χ4n) is 6.26. The van der Waals surface area contributed by atoms with Gasteiger partial charge < -0.3 is 30.9 Å². The van der Waals surface area contributed by atoms with Crippen LogP contribution in [0.15, 0.2) is 18.2 Å². The molecule has 1 spiro atoms. The van der Waals surface area contributed by atoms with E-state index in [2.05, 4.69) is 45.4 Å². The van der Waals surface area contributed by atoms with E-state index in [-0.39, 0.29) is 42.5 Å². The Labute approximate surface area is 225 Å². The van der Waals surface area contributed by atoms with Crippen LogP contribution in [0.3, 0.4) is 0 Å². The van der Waals surface area contributed by atoms with Gasteiger partial charge in [0.25, 0.3) is 17.4 Å². The average molecular weight is 544 g/mol. The number of nitrogens with two attached hydrogens (primary N) is 2. The minimum absolute atomic E-state index is 0.0281. The second-order valence-electron chi connectivity index (χ2n) is 11.7. The van der Waals surface area contributed by atoms with E-state index in [0.29, 0.717) is 17.9 Å². The number of rotatable bonds is 5. The number of hydrogen-bond donors (Lipinski definition) is 10. The summed E-state index contributed by atoms with van der Waals surface area (Å²) in [6.07, 6.45) is 2.72. The summed E-state index contributed by atoms with van der Waals surface area (Å²) in [4.78, 5) is 28.9. The summed E-state index contributed by atoms with van der Waals surface area (Å²) in [6, 6.07) is 2.81. The third kappa shape index (κ3) is 3.92. The van der Waals surface area contributed by atoms with Crippen molar-refractivity contribution in [2.24, 2.45) is 11.5 Å². The van der Waals surface area contributed by atoms with Crippen molar-refractivity contribution in [3.05, 3.63) is 29.3 Å². The normalized spacial score (nSPS) is 31.4. The number of nitrogens with zero attached hydrogens (tertiary/aromatic N) is 1. The molecule has 0 aromatic heterocycles. The van der Waals surface area contributed by atoms with Crippen LogP contribution in [0.5, 0.6) is 5.75 Å². The predicted octanol–water partition coefficient (Wildman–Crippen LogP) is -4.64. The lowest BCUT2D eigenvalue weighted by molar-refractivity contribution is -0.674. The summed E-state index contributed by atoms with van der Waals surface area (Å²) in [6.45, 7) is 4.77. The van der Waals surface area contributed by atoms with Crippen LogP contribution in [0, 0.1) is 0 Å². The van der Waals surface area contributed by atoms with Gasteiger partial charge in [0.2, 0.25) is 0 Å². The molecule has 6 rings (SSSR count). The lowest BCUT2D eigenvalue weighted by Crippen LogP contribution is -2.92. The Morgan fingerprint density at radius 1 is 1.23 bits per heavy atom. The van der Waals surface area contributed by atoms with Crippen molar-refractivity contribution in [3.8, 4) is 5.75 Å². The Hall–Kier alpha value is -3.78. The molecule has 2 fully saturated rings. The molecular formula is C25H37N9O5+2. The minimum Gasteiger partial charge on any atom is -0.492 e. The van der Waals surface area contributed by atoms with Gasteiger partial charge in [-0.25, -0.2) is 14.7 Å². The molecule has 39 heavy (non-hydrogen) atoms. The van der Waals surface area contributed by atoms with Crippen LogP contribution in [0.25, 0.3) is 0 Å². The maximum atomic E-state index is 13.5. The smallest absolute Gasteiger partial charge is 0.347 e. The monoisotopic (exact) mass is 543 g/mol. The zero-order valence-electron chi connectivity index (χ0n) is 22.0. The van der Waals surface area contributed by atoms with E-state index in [1.165, 1.54) is 0 Å². The number of carbonyl (C=O) groups excluding carboxylic acids is 2. The van der Waals surface area contributed by atoms with E-state index in [4.69, 9.17) is 16.2 Å². The maximum Gasteiger partial charge on any atom is 0.347 e. The van der Waals surface area contributed by atoms with Crippen LogP contribution in [0.2, 0.25) is 0 Å². The molecule has 1 aromatic carbocycles. The van der Waals surface area contributed by atoms with Crippen LogP contribution in [0.1, 0.15) is 49.0 Å². The number of nitrogens with one attached hydrogen (secondary N) is 6. The van der Waals surface area contributed by atoms with Crippen LogP contribution in [-0.4, -0.2) is 94.0 Å². The number of amides is 3. The van der Waals surface area contributed by atoms with Crippen LogP contribution in [-0.2, 0) is 5.41 Å². The number of fused-ring (bicyclic) bond motifs is 1. The first-order chi connectivity index (χ1) is 18.4. The van der Waals surface area contributed by atoms with Crippen molar-refractivity contribution < 1.29 is 34.1 Å². The standard InChI is InChI=1S/C25H35N9O5/c1-23(2)8-9-39-17-13(4-3-5-14(17)23)19(35)31-16-11-34-21(27)30-15(10-28-22(36)29-12-6-7-12)18-24(34,25(16,37)38)33-20(26)32-18/h3-5,12,15-16,18,37-38H,6-11H2,1-2H3,(H8,26,27,28,29,30,31,32,33,35,36)/p+2/t15-,16?,18-,24-/m0/s1. The van der Waals surface area contributed by atoms with E-state index >= 15 is 0 Å². The topological polar surface area (TPSA) is 213 Å². The molecule has 3 amide bonds. The Bertz CT molecular complexity index is 1290. The molecule has 1 aromatic rings.